The Kier molecular flexibility index (Phi) is 5.37. The van der Waals surface area contributed by atoms with E-state index in [1.165, 1.54) is 24.3 Å². The van der Waals surface area contributed by atoms with Crippen molar-refractivity contribution in [3.8, 4) is 5.69 Å². The molecule has 0 aliphatic carbocycles. The molecule has 1 aliphatic heterocycles. The minimum Gasteiger partial charge on any atom is -0.338 e. The van der Waals surface area contributed by atoms with E-state index in [1.807, 2.05) is 35.0 Å². The molecule has 1 N–H and O–H groups in total. The van der Waals surface area contributed by atoms with Gasteiger partial charge in [-0.15, -0.1) is 0 Å². The van der Waals surface area contributed by atoms with E-state index in [-0.39, 0.29) is 23.5 Å². The van der Waals surface area contributed by atoms with Crippen molar-refractivity contribution in [2.24, 2.45) is 5.92 Å². The molecule has 0 radical (unpaired) electrons. The quantitative estimate of drug-likeness (QED) is 0.739. The minimum atomic E-state index is -0.378. The van der Waals surface area contributed by atoms with Gasteiger partial charge in [0.2, 0.25) is 5.91 Å². The number of rotatable bonds is 4. The lowest BCUT2D eigenvalue weighted by Crippen LogP contribution is -2.43. The standard InChI is InChI=1S/C22H21FN4O2/c23-18-5-3-16(4-6-18)22(29)26-12-1-2-17(14-26)21(28)25-19-7-9-20(10-8-19)27-13-11-24-15-27/h3-11,13,15,17H,1-2,12,14H2,(H,25,28). The molecule has 7 heteroatoms. The van der Waals surface area contributed by atoms with E-state index >= 15 is 0 Å². The largest absolute Gasteiger partial charge is 0.338 e. The number of piperidine rings is 1. The maximum absolute atomic E-state index is 13.1. The lowest BCUT2D eigenvalue weighted by molar-refractivity contribution is -0.121. The number of likely N-dealkylation sites (tertiary alicyclic amines) is 1. The van der Waals surface area contributed by atoms with Crippen LogP contribution in [0.3, 0.4) is 0 Å². The highest BCUT2D eigenvalue weighted by molar-refractivity contribution is 5.96. The number of halogens is 1. The van der Waals surface area contributed by atoms with Crippen molar-refractivity contribution in [1.29, 1.82) is 0 Å². The van der Waals surface area contributed by atoms with Gasteiger partial charge in [-0.1, -0.05) is 0 Å². The average molecular weight is 392 g/mol. The van der Waals surface area contributed by atoms with Crippen molar-refractivity contribution in [1.82, 2.24) is 14.5 Å². The minimum absolute atomic E-state index is 0.100. The first-order valence-electron chi connectivity index (χ1n) is 9.54. The normalized spacial score (nSPS) is 16.4. The Bertz CT molecular complexity index is 985. The second kappa shape index (κ2) is 8.26. The zero-order chi connectivity index (χ0) is 20.2. The molecule has 2 heterocycles. The van der Waals surface area contributed by atoms with Crippen molar-refractivity contribution in [2.45, 2.75) is 12.8 Å². The second-order valence-corrected chi connectivity index (χ2v) is 7.10. The molecule has 0 bridgehead atoms. The fraction of sp³-hybridized carbons (Fsp3) is 0.227. The lowest BCUT2D eigenvalue weighted by Gasteiger charge is -2.32. The summed E-state index contributed by atoms with van der Waals surface area (Å²) in [6, 6.07) is 13.0. The van der Waals surface area contributed by atoms with Crippen LogP contribution in [0.5, 0.6) is 0 Å². The molecule has 1 fully saturated rings. The summed E-state index contributed by atoms with van der Waals surface area (Å²) in [6.07, 6.45) is 6.75. The van der Waals surface area contributed by atoms with Gasteiger partial charge in [0, 0.05) is 42.4 Å². The Morgan fingerprint density at radius 2 is 1.83 bits per heavy atom. The van der Waals surface area contributed by atoms with E-state index in [0.29, 0.717) is 24.3 Å². The number of imidazole rings is 1. The van der Waals surface area contributed by atoms with Crippen LogP contribution in [-0.4, -0.2) is 39.4 Å². The topological polar surface area (TPSA) is 67.2 Å². The first-order chi connectivity index (χ1) is 14.1. The number of aromatic nitrogens is 2. The SMILES string of the molecule is O=C(Nc1ccc(-n2ccnc2)cc1)C1CCCN(C(=O)c2ccc(F)cc2)C1. The summed E-state index contributed by atoms with van der Waals surface area (Å²) in [5.41, 5.74) is 2.10. The van der Waals surface area contributed by atoms with Gasteiger partial charge in [0.05, 0.1) is 12.2 Å². The summed E-state index contributed by atoms with van der Waals surface area (Å²) >= 11 is 0. The maximum atomic E-state index is 13.1. The van der Waals surface area contributed by atoms with Gasteiger partial charge in [0.25, 0.3) is 5.91 Å². The third-order valence-corrected chi connectivity index (χ3v) is 5.11. The molecule has 2 amide bonds. The van der Waals surface area contributed by atoms with Crippen LogP contribution >= 0.6 is 0 Å². The number of carbonyl (C=O) groups excluding carboxylic acids is 2. The zero-order valence-corrected chi connectivity index (χ0v) is 15.8. The molecule has 4 rings (SSSR count). The molecule has 1 unspecified atom stereocenters. The van der Waals surface area contributed by atoms with E-state index in [4.69, 9.17) is 0 Å². The van der Waals surface area contributed by atoms with Crippen molar-refractivity contribution in [3.05, 3.63) is 78.6 Å². The highest BCUT2D eigenvalue weighted by Gasteiger charge is 2.29. The Labute approximate surface area is 168 Å². The van der Waals surface area contributed by atoms with Crippen LogP contribution in [0.25, 0.3) is 5.69 Å². The molecule has 3 aromatic rings. The number of nitrogens with zero attached hydrogens (tertiary/aromatic N) is 3. The molecular formula is C22H21FN4O2. The van der Waals surface area contributed by atoms with Gasteiger partial charge >= 0.3 is 0 Å². The smallest absolute Gasteiger partial charge is 0.253 e. The predicted octanol–water partition coefficient (Wildman–Crippen LogP) is 3.50. The van der Waals surface area contributed by atoms with Crippen molar-refractivity contribution in [3.63, 3.8) is 0 Å². The third-order valence-electron chi connectivity index (χ3n) is 5.11. The number of nitrogens with one attached hydrogen (secondary N) is 1. The van der Waals surface area contributed by atoms with Gasteiger partial charge in [-0.05, 0) is 61.4 Å². The number of amides is 2. The van der Waals surface area contributed by atoms with Gasteiger partial charge in [-0.2, -0.15) is 0 Å². The van der Waals surface area contributed by atoms with Crippen LogP contribution in [0.4, 0.5) is 10.1 Å². The fourth-order valence-corrected chi connectivity index (χ4v) is 3.52. The lowest BCUT2D eigenvalue weighted by atomic mass is 9.96. The summed E-state index contributed by atoms with van der Waals surface area (Å²) in [5, 5.41) is 2.94. The van der Waals surface area contributed by atoms with Gasteiger partial charge in [-0.3, -0.25) is 9.59 Å². The highest BCUT2D eigenvalue weighted by Crippen LogP contribution is 2.21. The van der Waals surface area contributed by atoms with Gasteiger partial charge in [0.1, 0.15) is 5.82 Å². The maximum Gasteiger partial charge on any atom is 0.253 e. The predicted molar refractivity (Wildman–Crippen MR) is 107 cm³/mol. The van der Waals surface area contributed by atoms with Crippen LogP contribution in [0.15, 0.2) is 67.3 Å². The summed E-state index contributed by atoms with van der Waals surface area (Å²) in [7, 11) is 0. The molecule has 0 saturated carbocycles. The van der Waals surface area contributed by atoms with Crippen LogP contribution in [0.1, 0.15) is 23.2 Å². The summed E-state index contributed by atoms with van der Waals surface area (Å²) < 4.78 is 15.0. The average Bonchev–Trinajstić information content (AvgIpc) is 3.29. The monoisotopic (exact) mass is 392 g/mol. The Morgan fingerprint density at radius 1 is 1.07 bits per heavy atom. The molecule has 0 spiro atoms. The Balaban J connectivity index is 1.38. The zero-order valence-electron chi connectivity index (χ0n) is 15.8. The van der Waals surface area contributed by atoms with Crippen LogP contribution < -0.4 is 5.32 Å². The van der Waals surface area contributed by atoms with Gasteiger partial charge in [-0.25, -0.2) is 9.37 Å². The molecule has 1 saturated heterocycles. The number of hydrogen-bond acceptors (Lipinski definition) is 3. The molecule has 6 nitrogen and oxygen atoms in total. The Hall–Kier alpha value is -3.48. The number of anilines is 1. The fourth-order valence-electron chi connectivity index (χ4n) is 3.52. The van der Waals surface area contributed by atoms with E-state index in [1.54, 1.807) is 17.4 Å². The molecule has 1 atom stereocenters. The third kappa shape index (κ3) is 4.34. The van der Waals surface area contributed by atoms with E-state index in [2.05, 4.69) is 10.3 Å². The number of carbonyl (C=O) groups is 2. The van der Waals surface area contributed by atoms with Crippen LogP contribution in [-0.2, 0) is 4.79 Å². The first-order valence-corrected chi connectivity index (χ1v) is 9.54. The van der Waals surface area contributed by atoms with Crippen LogP contribution in [0.2, 0.25) is 0 Å². The second-order valence-electron chi connectivity index (χ2n) is 7.10. The molecule has 148 valence electrons. The molecule has 2 aromatic carbocycles. The highest BCUT2D eigenvalue weighted by atomic mass is 19.1. The first kappa shape index (κ1) is 18.9. The van der Waals surface area contributed by atoms with Crippen molar-refractivity contribution >= 4 is 17.5 Å². The van der Waals surface area contributed by atoms with E-state index < -0.39 is 0 Å². The molecule has 1 aromatic heterocycles. The summed E-state index contributed by atoms with van der Waals surface area (Å²) in [5.74, 6) is -0.929. The molecular weight excluding hydrogens is 371 g/mol. The van der Waals surface area contributed by atoms with Crippen molar-refractivity contribution in [2.75, 3.05) is 18.4 Å². The Morgan fingerprint density at radius 3 is 2.52 bits per heavy atom. The summed E-state index contributed by atoms with van der Waals surface area (Å²) in [4.78, 5) is 31.1. The van der Waals surface area contributed by atoms with Gasteiger partial charge in [0.15, 0.2) is 0 Å². The molecule has 29 heavy (non-hydrogen) atoms. The number of hydrogen-bond donors (Lipinski definition) is 1. The number of benzene rings is 2. The van der Waals surface area contributed by atoms with Gasteiger partial charge < -0.3 is 14.8 Å². The molecule has 1 aliphatic rings. The van der Waals surface area contributed by atoms with E-state index in [9.17, 15) is 14.0 Å². The van der Waals surface area contributed by atoms with E-state index in [0.717, 1.165) is 18.5 Å². The summed E-state index contributed by atoms with van der Waals surface area (Å²) in [6.45, 7) is 0.953. The van der Waals surface area contributed by atoms with Crippen molar-refractivity contribution < 1.29 is 14.0 Å². The van der Waals surface area contributed by atoms with Crippen LogP contribution in [0, 0.1) is 11.7 Å².